The monoisotopic (exact) mass is 277 g/mol. The van der Waals surface area contributed by atoms with E-state index in [4.69, 9.17) is 5.73 Å². The second kappa shape index (κ2) is 5.71. The fraction of sp³-hybridized carbons (Fsp3) is 0.533. The maximum Gasteiger partial charge on any atom is 0.224 e. The second-order valence-corrected chi connectivity index (χ2v) is 5.42. The van der Waals surface area contributed by atoms with Crippen molar-refractivity contribution in [3.63, 3.8) is 0 Å². The Morgan fingerprint density at radius 3 is 2.65 bits per heavy atom. The molecule has 5 nitrogen and oxygen atoms in total. The number of benzene rings is 1. The quantitative estimate of drug-likeness (QED) is 0.621. The molecule has 1 aromatic rings. The number of hydrogen-bond acceptors (Lipinski definition) is 4. The first kappa shape index (κ1) is 14.7. The molecule has 0 aliphatic carbocycles. The number of hydrogen-bond donors (Lipinski definition) is 4. The van der Waals surface area contributed by atoms with E-state index in [0.29, 0.717) is 12.1 Å². The molecule has 1 aromatic carbocycles. The Balaban J connectivity index is 2.33. The van der Waals surface area contributed by atoms with Gasteiger partial charge in [0.1, 0.15) is 0 Å². The van der Waals surface area contributed by atoms with Gasteiger partial charge in [-0.25, -0.2) is 0 Å². The summed E-state index contributed by atoms with van der Waals surface area (Å²) in [6, 6.07) is 3.78. The summed E-state index contributed by atoms with van der Waals surface area (Å²) in [5.74, 6) is 0.0348. The standard InChI is InChI=1S/C15H23N3O2/c1-3-15(4-2,9-19)18-13-8-12-10(7-11(13)16)5-6-14(20)17-12/h7-8,18-19H,3-6,9,16H2,1-2H3,(H,17,20). The molecule has 110 valence electrons. The number of aryl methyl sites for hydroxylation is 1. The first-order chi connectivity index (χ1) is 9.53. The predicted molar refractivity (Wildman–Crippen MR) is 81.8 cm³/mol. The number of nitrogens with two attached hydrogens (primary N) is 1. The van der Waals surface area contributed by atoms with Crippen LogP contribution in [0.15, 0.2) is 12.1 Å². The van der Waals surface area contributed by atoms with Crippen LogP contribution < -0.4 is 16.4 Å². The molecule has 1 aliphatic heterocycles. The van der Waals surface area contributed by atoms with Gasteiger partial charge in [0.15, 0.2) is 0 Å². The normalized spacial score (nSPS) is 14.7. The summed E-state index contributed by atoms with van der Waals surface area (Å²) in [6.07, 6.45) is 2.81. The smallest absolute Gasteiger partial charge is 0.224 e. The zero-order valence-electron chi connectivity index (χ0n) is 12.1. The third-order valence-corrected chi connectivity index (χ3v) is 4.23. The summed E-state index contributed by atoms with van der Waals surface area (Å²) < 4.78 is 0. The highest BCUT2D eigenvalue weighted by molar-refractivity contribution is 5.95. The summed E-state index contributed by atoms with van der Waals surface area (Å²) in [5.41, 5.74) is 9.02. The van der Waals surface area contributed by atoms with E-state index in [9.17, 15) is 9.90 Å². The SMILES string of the molecule is CCC(CC)(CO)Nc1cc2c(cc1N)CCC(=O)N2. The number of nitrogens with one attached hydrogen (secondary N) is 2. The molecule has 0 fully saturated rings. The van der Waals surface area contributed by atoms with Gasteiger partial charge in [0.2, 0.25) is 5.91 Å². The van der Waals surface area contributed by atoms with Crippen molar-refractivity contribution in [2.45, 2.75) is 45.1 Å². The minimum atomic E-state index is -0.374. The van der Waals surface area contributed by atoms with E-state index >= 15 is 0 Å². The molecule has 0 atom stereocenters. The molecular formula is C15H23N3O2. The van der Waals surface area contributed by atoms with Gasteiger partial charge in [0.05, 0.1) is 23.5 Å². The number of carbonyl (C=O) groups is 1. The zero-order chi connectivity index (χ0) is 14.8. The minimum Gasteiger partial charge on any atom is -0.397 e. The molecule has 1 heterocycles. The predicted octanol–water partition coefficient (Wildman–Crippen LogP) is 2.12. The number of aliphatic hydroxyl groups excluding tert-OH is 1. The third-order valence-electron chi connectivity index (χ3n) is 4.23. The Kier molecular flexibility index (Phi) is 4.18. The van der Waals surface area contributed by atoms with Crippen molar-refractivity contribution < 1.29 is 9.90 Å². The Morgan fingerprint density at radius 2 is 2.05 bits per heavy atom. The summed E-state index contributed by atoms with van der Waals surface area (Å²) in [6.45, 7) is 4.11. The fourth-order valence-electron chi connectivity index (χ4n) is 2.53. The second-order valence-electron chi connectivity index (χ2n) is 5.42. The molecule has 5 N–H and O–H groups in total. The number of anilines is 3. The van der Waals surface area contributed by atoms with Crippen LogP contribution in [0, 0.1) is 0 Å². The molecule has 5 heteroatoms. The van der Waals surface area contributed by atoms with Crippen LogP contribution in [-0.4, -0.2) is 23.2 Å². The highest BCUT2D eigenvalue weighted by Crippen LogP contribution is 2.33. The van der Waals surface area contributed by atoms with Crippen molar-refractivity contribution in [1.29, 1.82) is 0 Å². The maximum atomic E-state index is 11.5. The molecule has 0 bridgehead atoms. The molecule has 1 amide bonds. The van der Waals surface area contributed by atoms with Crippen LogP contribution in [0.4, 0.5) is 17.1 Å². The summed E-state index contributed by atoms with van der Waals surface area (Å²) in [4.78, 5) is 11.5. The molecule has 0 radical (unpaired) electrons. The number of nitrogen functional groups attached to an aromatic ring is 1. The van der Waals surface area contributed by atoms with Crippen LogP contribution in [0.1, 0.15) is 38.7 Å². The minimum absolute atomic E-state index is 0.0348. The van der Waals surface area contributed by atoms with Gasteiger partial charge in [-0.2, -0.15) is 0 Å². The van der Waals surface area contributed by atoms with Crippen LogP contribution in [0.25, 0.3) is 0 Å². The number of carbonyl (C=O) groups excluding carboxylic acids is 1. The average Bonchev–Trinajstić information content (AvgIpc) is 2.46. The van der Waals surface area contributed by atoms with Gasteiger partial charge in [-0.15, -0.1) is 0 Å². The molecule has 0 unspecified atom stereocenters. The van der Waals surface area contributed by atoms with Crippen LogP contribution in [0.5, 0.6) is 0 Å². The van der Waals surface area contributed by atoms with Crippen molar-refractivity contribution in [2.75, 3.05) is 23.0 Å². The molecule has 2 rings (SSSR count). The lowest BCUT2D eigenvalue weighted by Gasteiger charge is -2.33. The van der Waals surface area contributed by atoms with Gasteiger partial charge in [-0.05, 0) is 37.0 Å². The Labute approximate surface area is 119 Å². The van der Waals surface area contributed by atoms with Crippen molar-refractivity contribution in [2.24, 2.45) is 0 Å². The lowest BCUT2D eigenvalue weighted by Crippen LogP contribution is -2.41. The van der Waals surface area contributed by atoms with Crippen LogP contribution >= 0.6 is 0 Å². The number of rotatable bonds is 5. The van der Waals surface area contributed by atoms with Gasteiger partial charge >= 0.3 is 0 Å². The molecule has 20 heavy (non-hydrogen) atoms. The van der Waals surface area contributed by atoms with Gasteiger partial charge < -0.3 is 21.5 Å². The van der Waals surface area contributed by atoms with E-state index in [1.807, 2.05) is 26.0 Å². The van der Waals surface area contributed by atoms with Gasteiger partial charge in [0.25, 0.3) is 0 Å². The fourth-order valence-corrected chi connectivity index (χ4v) is 2.53. The first-order valence-electron chi connectivity index (χ1n) is 7.15. The van der Waals surface area contributed by atoms with E-state index in [0.717, 1.165) is 36.2 Å². The van der Waals surface area contributed by atoms with Gasteiger partial charge in [0, 0.05) is 12.1 Å². The van der Waals surface area contributed by atoms with E-state index in [2.05, 4.69) is 10.6 Å². The summed E-state index contributed by atoms with van der Waals surface area (Å²) in [7, 11) is 0. The van der Waals surface area contributed by atoms with Crippen LogP contribution in [0.3, 0.4) is 0 Å². The van der Waals surface area contributed by atoms with E-state index < -0.39 is 0 Å². The van der Waals surface area contributed by atoms with Crippen LogP contribution in [0.2, 0.25) is 0 Å². The summed E-state index contributed by atoms with van der Waals surface area (Å²) in [5, 5.41) is 15.9. The van der Waals surface area contributed by atoms with Crippen molar-refractivity contribution in [1.82, 2.24) is 0 Å². The Hall–Kier alpha value is -1.75. The largest absolute Gasteiger partial charge is 0.397 e. The Morgan fingerprint density at radius 1 is 1.35 bits per heavy atom. The lowest BCUT2D eigenvalue weighted by molar-refractivity contribution is -0.116. The van der Waals surface area contributed by atoms with Crippen molar-refractivity contribution >= 4 is 23.0 Å². The van der Waals surface area contributed by atoms with Crippen molar-refractivity contribution in [3.8, 4) is 0 Å². The number of amides is 1. The summed E-state index contributed by atoms with van der Waals surface area (Å²) >= 11 is 0. The lowest BCUT2D eigenvalue weighted by atomic mass is 9.92. The van der Waals surface area contributed by atoms with E-state index in [1.165, 1.54) is 0 Å². The average molecular weight is 277 g/mol. The van der Waals surface area contributed by atoms with E-state index in [1.54, 1.807) is 0 Å². The molecular weight excluding hydrogens is 254 g/mol. The van der Waals surface area contributed by atoms with E-state index in [-0.39, 0.29) is 18.1 Å². The number of aliphatic hydroxyl groups is 1. The third kappa shape index (κ3) is 2.72. The molecule has 0 saturated carbocycles. The van der Waals surface area contributed by atoms with Gasteiger partial charge in [-0.1, -0.05) is 13.8 Å². The highest BCUT2D eigenvalue weighted by Gasteiger charge is 2.26. The molecule has 0 saturated heterocycles. The van der Waals surface area contributed by atoms with Gasteiger partial charge in [-0.3, -0.25) is 4.79 Å². The topological polar surface area (TPSA) is 87.4 Å². The Bertz CT molecular complexity index is 502. The zero-order valence-corrected chi connectivity index (χ0v) is 12.1. The number of fused-ring (bicyclic) bond motifs is 1. The molecule has 1 aliphatic rings. The maximum absolute atomic E-state index is 11.5. The molecule has 0 spiro atoms. The highest BCUT2D eigenvalue weighted by atomic mass is 16.3. The first-order valence-corrected chi connectivity index (χ1v) is 7.15. The van der Waals surface area contributed by atoms with Crippen LogP contribution in [-0.2, 0) is 11.2 Å². The van der Waals surface area contributed by atoms with Crippen molar-refractivity contribution in [3.05, 3.63) is 17.7 Å². The molecule has 0 aromatic heterocycles.